The number of alkyl halides is 1. The van der Waals surface area contributed by atoms with Crippen LogP contribution in [0.4, 0.5) is 10.1 Å². The second-order valence-electron chi connectivity index (χ2n) is 4.95. The Hall–Kier alpha value is -0.220. The summed E-state index contributed by atoms with van der Waals surface area (Å²) in [7, 11) is 0. The molecule has 1 aromatic carbocycles. The molecule has 1 fully saturated rings. The van der Waals surface area contributed by atoms with Gasteiger partial charge in [-0.3, -0.25) is 0 Å². The van der Waals surface area contributed by atoms with E-state index in [-0.39, 0.29) is 10.6 Å². The Morgan fingerprint density at radius 2 is 2.24 bits per heavy atom. The van der Waals surface area contributed by atoms with Gasteiger partial charge in [-0.2, -0.15) is 11.8 Å². The molecule has 1 nitrogen and oxygen atoms in total. The zero-order valence-electron chi connectivity index (χ0n) is 10.2. The summed E-state index contributed by atoms with van der Waals surface area (Å²) in [4.78, 5) is 2.16. The zero-order valence-corrected chi connectivity index (χ0v) is 12.6. The van der Waals surface area contributed by atoms with Crippen molar-refractivity contribution in [1.29, 1.82) is 0 Å². The molecular formula is C13H17BrFNS. The van der Waals surface area contributed by atoms with Gasteiger partial charge in [0.25, 0.3) is 0 Å². The molecule has 0 atom stereocenters. The van der Waals surface area contributed by atoms with Gasteiger partial charge in [-0.05, 0) is 31.5 Å². The topological polar surface area (TPSA) is 3.24 Å². The molecule has 0 radical (unpaired) electrons. The van der Waals surface area contributed by atoms with Crippen molar-refractivity contribution in [3.8, 4) is 0 Å². The van der Waals surface area contributed by atoms with Crippen LogP contribution < -0.4 is 4.90 Å². The number of nitrogens with zero attached hydrogens (tertiary/aromatic N) is 1. The van der Waals surface area contributed by atoms with E-state index in [0.29, 0.717) is 5.33 Å². The molecule has 1 aliphatic heterocycles. The first-order valence-corrected chi connectivity index (χ1v) is 7.86. The molecule has 0 bridgehead atoms. The molecule has 0 aliphatic carbocycles. The highest BCUT2D eigenvalue weighted by atomic mass is 79.9. The molecule has 4 heteroatoms. The van der Waals surface area contributed by atoms with E-state index in [1.807, 2.05) is 23.9 Å². The van der Waals surface area contributed by atoms with Crippen LogP contribution >= 0.6 is 27.7 Å². The monoisotopic (exact) mass is 317 g/mol. The van der Waals surface area contributed by atoms with Gasteiger partial charge in [-0.25, -0.2) is 4.39 Å². The molecule has 1 aliphatic rings. The molecule has 94 valence electrons. The molecule has 0 saturated carbocycles. The number of hydrogen-bond acceptors (Lipinski definition) is 2. The van der Waals surface area contributed by atoms with E-state index < -0.39 is 0 Å². The van der Waals surface area contributed by atoms with Crippen molar-refractivity contribution in [3.05, 3.63) is 29.6 Å². The van der Waals surface area contributed by atoms with Crippen LogP contribution in [0, 0.1) is 5.82 Å². The molecule has 0 unspecified atom stereocenters. The number of anilines is 1. The van der Waals surface area contributed by atoms with E-state index >= 15 is 0 Å². The van der Waals surface area contributed by atoms with Crippen LogP contribution in [0.1, 0.15) is 19.4 Å². The fourth-order valence-corrected chi connectivity index (χ4v) is 3.57. The fraction of sp³-hybridized carbons (Fsp3) is 0.538. The highest BCUT2D eigenvalue weighted by molar-refractivity contribution is 9.08. The van der Waals surface area contributed by atoms with Gasteiger partial charge >= 0.3 is 0 Å². The first-order valence-electron chi connectivity index (χ1n) is 5.75. The summed E-state index contributed by atoms with van der Waals surface area (Å²) in [6, 6.07) is 5.51. The van der Waals surface area contributed by atoms with Crippen LogP contribution in [0.3, 0.4) is 0 Å². The van der Waals surface area contributed by atoms with E-state index in [0.717, 1.165) is 30.1 Å². The second kappa shape index (κ2) is 5.19. The Balaban J connectivity index is 2.22. The van der Waals surface area contributed by atoms with Gasteiger partial charge in [0, 0.05) is 28.9 Å². The summed E-state index contributed by atoms with van der Waals surface area (Å²) >= 11 is 5.31. The maximum Gasteiger partial charge on any atom is 0.146 e. The highest BCUT2D eigenvalue weighted by Gasteiger charge is 2.28. The Bertz CT molecular complexity index is 408. The van der Waals surface area contributed by atoms with Crippen LogP contribution in [0.5, 0.6) is 0 Å². The molecule has 0 aromatic heterocycles. The van der Waals surface area contributed by atoms with E-state index in [2.05, 4.69) is 34.7 Å². The minimum absolute atomic E-state index is 0.107. The van der Waals surface area contributed by atoms with Crippen molar-refractivity contribution >= 4 is 33.4 Å². The molecule has 0 N–H and O–H groups in total. The second-order valence-corrected chi connectivity index (χ2v) is 7.31. The van der Waals surface area contributed by atoms with Gasteiger partial charge in [0.15, 0.2) is 0 Å². The van der Waals surface area contributed by atoms with Crippen LogP contribution in [-0.2, 0) is 5.33 Å². The summed E-state index contributed by atoms with van der Waals surface area (Å²) in [5, 5.41) is 0.700. The normalized spacial score (nSPS) is 19.4. The summed E-state index contributed by atoms with van der Waals surface area (Å²) in [5.41, 5.74) is 1.72. The third kappa shape index (κ3) is 3.16. The lowest BCUT2D eigenvalue weighted by Gasteiger charge is -2.39. The molecule has 1 aromatic rings. The Labute approximate surface area is 115 Å². The number of thioether (sulfide) groups is 1. The smallest absolute Gasteiger partial charge is 0.146 e. The lowest BCUT2D eigenvalue weighted by atomic mass is 10.1. The van der Waals surface area contributed by atoms with Crippen LogP contribution in [0.2, 0.25) is 0 Å². The Kier molecular flexibility index (Phi) is 4.03. The summed E-state index contributed by atoms with van der Waals surface area (Å²) in [6.07, 6.45) is 0. The van der Waals surface area contributed by atoms with Gasteiger partial charge in [-0.1, -0.05) is 22.0 Å². The first kappa shape index (κ1) is 13.2. The predicted molar refractivity (Wildman–Crippen MR) is 77.8 cm³/mol. The van der Waals surface area contributed by atoms with Gasteiger partial charge < -0.3 is 4.90 Å². The van der Waals surface area contributed by atoms with Crippen molar-refractivity contribution in [2.24, 2.45) is 0 Å². The van der Waals surface area contributed by atoms with Gasteiger partial charge in [0.2, 0.25) is 0 Å². The van der Waals surface area contributed by atoms with Crippen molar-refractivity contribution < 1.29 is 4.39 Å². The fourth-order valence-electron chi connectivity index (χ4n) is 2.11. The largest absolute Gasteiger partial charge is 0.367 e. The van der Waals surface area contributed by atoms with Gasteiger partial charge in [0.05, 0.1) is 5.69 Å². The molecule has 0 spiro atoms. The average molecular weight is 318 g/mol. The van der Waals surface area contributed by atoms with Crippen LogP contribution in [0.15, 0.2) is 18.2 Å². The third-order valence-corrected chi connectivity index (χ3v) is 4.88. The standard InChI is InChI=1S/C13H17BrFNS/c1-13(2)9-16(5-6-17-13)12-4-3-10(8-14)7-11(12)15/h3-4,7H,5-6,8-9H2,1-2H3. The van der Waals surface area contributed by atoms with Gasteiger partial charge in [-0.15, -0.1) is 0 Å². The van der Waals surface area contributed by atoms with Crippen molar-refractivity contribution in [2.45, 2.75) is 23.9 Å². The quantitative estimate of drug-likeness (QED) is 0.757. The lowest BCUT2D eigenvalue weighted by Crippen LogP contribution is -2.43. The van der Waals surface area contributed by atoms with Gasteiger partial charge in [0.1, 0.15) is 5.82 Å². The van der Waals surface area contributed by atoms with Crippen molar-refractivity contribution in [1.82, 2.24) is 0 Å². The van der Waals surface area contributed by atoms with E-state index in [1.54, 1.807) is 6.07 Å². The molecule has 1 saturated heterocycles. The molecule has 2 rings (SSSR count). The van der Waals surface area contributed by atoms with E-state index in [1.165, 1.54) is 0 Å². The minimum Gasteiger partial charge on any atom is -0.367 e. The number of rotatable bonds is 2. The van der Waals surface area contributed by atoms with Crippen LogP contribution in [0.25, 0.3) is 0 Å². The summed E-state index contributed by atoms with van der Waals surface area (Å²) in [6.45, 7) is 6.27. The van der Waals surface area contributed by atoms with E-state index in [9.17, 15) is 4.39 Å². The summed E-state index contributed by atoms with van der Waals surface area (Å²) in [5.74, 6) is 0.955. The predicted octanol–water partition coefficient (Wildman–Crippen LogP) is 4.05. The van der Waals surface area contributed by atoms with E-state index in [4.69, 9.17) is 0 Å². The lowest BCUT2D eigenvalue weighted by molar-refractivity contribution is 0.596. The number of hydrogen-bond donors (Lipinski definition) is 0. The SMILES string of the molecule is CC1(C)CN(c2ccc(CBr)cc2F)CCS1. The van der Waals surface area contributed by atoms with Crippen molar-refractivity contribution in [2.75, 3.05) is 23.7 Å². The molecule has 17 heavy (non-hydrogen) atoms. The highest BCUT2D eigenvalue weighted by Crippen LogP contribution is 2.33. The third-order valence-electron chi connectivity index (χ3n) is 2.93. The molecule has 1 heterocycles. The summed E-state index contributed by atoms with van der Waals surface area (Å²) < 4.78 is 14.2. The molecular weight excluding hydrogens is 301 g/mol. The van der Waals surface area contributed by atoms with Crippen molar-refractivity contribution in [3.63, 3.8) is 0 Å². The Morgan fingerprint density at radius 1 is 1.47 bits per heavy atom. The first-order chi connectivity index (χ1) is 8.02. The number of halogens is 2. The number of benzene rings is 1. The maximum absolute atomic E-state index is 14.0. The van der Waals surface area contributed by atoms with Crippen LogP contribution in [-0.4, -0.2) is 23.6 Å². The Morgan fingerprint density at radius 3 is 2.82 bits per heavy atom. The maximum atomic E-state index is 14.0. The zero-order chi connectivity index (χ0) is 12.5. The molecule has 0 amide bonds. The minimum atomic E-state index is -0.107. The average Bonchev–Trinajstić information content (AvgIpc) is 2.27.